The average Bonchev–Trinajstić information content (AvgIpc) is 2.50. The number of ketones is 1. The maximum Gasteiger partial charge on any atom is 0.449 e. The quantitative estimate of drug-likeness (QED) is 0.516. The van der Waals surface area contributed by atoms with Gasteiger partial charge in [-0.1, -0.05) is 13.8 Å². The molecule has 1 N–H and O–H groups in total. The summed E-state index contributed by atoms with van der Waals surface area (Å²) in [5.41, 5.74) is -0.847. The van der Waals surface area contributed by atoms with Crippen LogP contribution < -0.4 is 0 Å². The van der Waals surface area contributed by atoms with Crippen molar-refractivity contribution in [2.24, 2.45) is 17.3 Å². The van der Waals surface area contributed by atoms with E-state index in [4.69, 9.17) is 5.11 Å². The minimum Gasteiger partial charge on any atom is -0.504 e. The molecule has 90 valence electrons. The van der Waals surface area contributed by atoms with Crippen LogP contribution in [0.25, 0.3) is 0 Å². The number of allylic oxidation sites excluding steroid dienone is 2. The van der Waals surface area contributed by atoms with Crippen LogP contribution in [0, 0.1) is 17.3 Å². The van der Waals surface area contributed by atoms with Crippen LogP contribution in [0.15, 0.2) is 11.3 Å². The van der Waals surface area contributed by atoms with Gasteiger partial charge in [0, 0.05) is 11.5 Å². The maximum atomic E-state index is 12.4. The van der Waals surface area contributed by atoms with Crippen LogP contribution in [0.1, 0.15) is 26.7 Å². The Morgan fingerprint density at radius 3 is 2.19 bits per heavy atom. The van der Waals surface area contributed by atoms with Crippen LogP contribution in [-0.4, -0.2) is 17.1 Å². The zero-order valence-electron chi connectivity index (χ0n) is 9.06. The molecule has 2 aliphatic carbocycles. The summed E-state index contributed by atoms with van der Waals surface area (Å²) in [4.78, 5) is 11.8. The van der Waals surface area contributed by atoms with Crippen molar-refractivity contribution in [1.29, 1.82) is 0 Å². The minimum absolute atomic E-state index is 0.364. The summed E-state index contributed by atoms with van der Waals surface area (Å²) in [6.45, 7) is 3.59. The van der Waals surface area contributed by atoms with Crippen molar-refractivity contribution in [3.8, 4) is 0 Å². The highest BCUT2D eigenvalue weighted by Crippen LogP contribution is 2.59. The molecular formula is C11H13F3O2. The summed E-state index contributed by atoms with van der Waals surface area (Å²) < 4.78 is 37.2. The van der Waals surface area contributed by atoms with E-state index in [1.54, 1.807) is 13.8 Å². The molecule has 2 bridgehead atoms. The first-order valence-electron chi connectivity index (χ1n) is 5.22. The molecule has 16 heavy (non-hydrogen) atoms. The van der Waals surface area contributed by atoms with Crippen LogP contribution in [0.2, 0.25) is 0 Å². The van der Waals surface area contributed by atoms with Gasteiger partial charge in [0.15, 0.2) is 5.78 Å². The molecule has 0 unspecified atom stereocenters. The van der Waals surface area contributed by atoms with Gasteiger partial charge in [-0.05, 0) is 24.2 Å². The van der Waals surface area contributed by atoms with Gasteiger partial charge in [-0.25, -0.2) is 0 Å². The molecular weight excluding hydrogens is 221 g/mol. The number of carbonyl (C=O) groups is 1. The molecule has 2 fully saturated rings. The van der Waals surface area contributed by atoms with E-state index in [0.29, 0.717) is 12.8 Å². The van der Waals surface area contributed by atoms with Gasteiger partial charge in [0.05, 0.1) is 0 Å². The van der Waals surface area contributed by atoms with Crippen molar-refractivity contribution in [3.05, 3.63) is 11.3 Å². The Morgan fingerprint density at radius 2 is 1.81 bits per heavy atom. The molecule has 2 nitrogen and oxygen atoms in total. The Bertz CT molecular complexity index is 379. The molecule has 0 spiro atoms. The largest absolute Gasteiger partial charge is 0.504 e. The molecule has 2 aliphatic rings. The van der Waals surface area contributed by atoms with Gasteiger partial charge >= 0.3 is 6.18 Å². The SMILES string of the molecule is CC1(C)[C@@H]2CC[C@H]1/C(=C(/O)C(F)(F)F)C2=O. The molecule has 0 aliphatic heterocycles. The van der Waals surface area contributed by atoms with Crippen molar-refractivity contribution >= 4 is 5.78 Å². The third-order valence-corrected chi connectivity index (χ3v) is 3.99. The fourth-order valence-corrected chi connectivity index (χ4v) is 3.10. The van der Waals surface area contributed by atoms with Crippen molar-refractivity contribution in [3.63, 3.8) is 0 Å². The van der Waals surface area contributed by atoms with Crippen molar-refractivity contribution in [2.45, 2.75) is 32.9 Å². The number of hydrogen-bond donors (Lipinski definition) is 1. The van der Waals surface area contributed by atoms with Gasteiger partial charge < -0.3 is 5.11 Å². The van der Waals surface area contributed by atoms with Gasteiger partial charge in [0.1, 0.15) is 0 Å². The van der Waals surface area contributed by atoms with Gasteiger partial charge in [-0.2, -0.15) is 13.2 Å². The Hall–Kier alpha value is -1.00. The van der Waals surface area contributed by atoms with Crippen LogP contribution in [0.4, 0.5) is 13.2 Å². The Morgan fingerprint density at radius 1 is 1.31 bits per heavy atom. The van der Waals surface area contributed by atoms with E-state index in [9.17, 15) is 18.0 Å². The third kappa shape index (κ3) is 1.30. The fraction of sp³-hybridized carbons (Fsp3) is 0.727. The van der Waals surface area contributed by atoms with E-state index in [1.165, 1.54) is 0 Å². The van der Waals surface area contributed by atoms with Crippen LogP contribution in [-0.2, 0) is 4.79 Å². The van der Waals surface area contributed by atoms with Gasteiger partial charge in [0.25, 0.3) is 0 Å². The molecule has 0 aromatic rings. The van der Waals surface area contributed by atoms with E-state index < -0.39 is 34.6 Å². The first-order valence-corrected chi connectivity index (χ1v) is 5.22. The van der Waals surface area contributed by atoms with Crippen LogP contribution in [0.3, 0.4) is 0 Å². The Kier molecular flexibility index (Phi) is 2.17. The monoisotopic (exact) mass is 234 g/mol. The lowest BCUT2D eigenvalue weighted by Crippen LogP contribution is -2.21. The lowest BCUT2D eigenvalue weighted by Gasteiger charge is -2.22. The first-order chi connectivity index (χ1) is 7.17. The lowest BCUT2D eigenvalue weighted by molar-refractivity contribution is -0.128. The number of aliphatic hydroxyl groups is 1. The molecule has 0 radical (unpaired) electrons. The molecule has 2 saturated carbocycles. The normalized spacial score (nSPS) is 35.7. The molecule has 0 heterocycles. The third-order valence-electron chi connectivity index (χ3n) is 3.99. The summed E-state index contributed by atoms with van der Waals surface area (Å²) in [6.07, 6.45) is -3.63. The van der Waals surface area contributed by atoms with Crippen LogP contribution in [0.5, 0.6) is 0 Å². The second kappa shape index (κ2) is 3.02. The highest BCUT2D eigenvalue weighted by atomic mass is 19.4. The zero-order valence-corrected chi connectivity index (χ0v) is 9.06. The summed E-state index contributed by atoms with van der Waals surface area (Å²) >= 11 is 0. The lowest BCUT2D eigenvalue weighted by atomic mass is 9.81. The number of carbonyl (C=O) groups excluding carboxylic acids is 1. The number of aliphatic hydroxyl groups excluding tert-OH is 1. The number of halogens is 3. The van der Waals surface area contributed by atoms with Crippen molar-refractivity contribution in [1.82, 2.24) is 0 Å². The van der Waals surface area contributed by atoms with Crippen LogP contribution >= 0.6 is 0 Å². The van der Waals surface area contributed by atoms with E-state index in [-0.39, 0.29) is 5.92 Å². The molecule has 0 amide bonds. The topological polar surface area (TPSA) is 37.3 Å². The molecule has 0 aromatic carbocycles. The van der Waals surface area contributed by atoms with Crippen molar-refractivity contribution < 1.29 is 23.1 Å². The molecule has 0 aromatic heterocycles. The van der Waals surface area contributed by atoms with Gasteiger partial charge in [-0.15, -0.1) is 0 Å². The second-order valence-electron chi connectivity index (χ2n) is 5.13. The number of alkyl halides is 3. The highest BCUT2D eigenvalue weighted by Gasteiger charge is 2.59. The number of hydrogen-bond acceptors (Lipinski definition) is 2. The number of fused-ring (bicyclic) bond motifs is 2. The highest BCUT2D eigenvalue weighted by molar-refractivity contribution is 6.02. The predicted molar refractivity (Wildman–Crippen MR) is 50.7 cm³/mol. The first kappa shape index (κ1) is 11.5. The Labute approximate surface area is 91.1 Å². The Balaban J connectivity index is 2.51. The predicted octanol–water partition coefficient (Wildman–Crippen LogP) is 3.00. The smallest absolute Gasteiger partial charge is 0.449 e. The van der Waals surface area contributed by atoms with E-state index >= 15 is 0 Å². The van der Waals surface area contributed by atoms with Crippen molar-refractivity contribution in [2.75, 3.05) is 0 Å². The second-order valence-corrected chi connectivity index (χ2v) is 5.13. The maximum absolute atomic E-state index is 12.4. The van der Waals surface area contributed by atoms with E-state index in [0.717, 1.165) is 0 Å². The standard InChI is InChI=1S/C11H13F3O2/c1-10(2)5-3-4-6(10)8(15)7(5)9(16)11(12,13)14/h5-6,16H,3-4H2,1-2H3/b9-7-/t5-,6+/m0/s1. The number of rotatable bonds is 0. The molecule has 5 heteroatoms. The average molecular weight is 234 g/mol. The molecule has 0 saturated heterocycles. The zero-order chi connectivity index (χ0) is 12.3. The van der Waals surface area contributed by atoms with E-state index in [2.05, 4.69) is 0 Å². The van der Waals surface area contributed by atoms with Gasteiger partial charge in [0.2, 0.25) is 5.76 Å². The molecule has 2 rings (SSSR count). The summed E-state index contributed by atoms with van der Waals surface area (Å²) in [6, 6.07) is 0. The van der Waals surface area contributed by atoms with E-state index in [1.807, 2.05) is 0 Å². The summed E-state index contributed by atoms with van der Waals surface area (Å²) in [5, 5.41) is 9.14. The minimum atomic E-state index is -4.81. The van der Waals surface area contributed by atoms with Gasteiger partial charge in [-0.3, -0.25) is 4.79 Å². The molecule has 2 atom stereocenters. The summed E-state index contributed by atoms with van der Waals surface area (Å²) in [5.74, 6) is -3.02. The summed E-state index contributed by atoms with van der Waals surface area (Å²) in [7, 11) is 0. The fourth-order valence-electron chi connectivity index (χ4n) is 3.10. The number of Topliss-reactive ketones (excluding diaryl/α,β-unsaturated/α-hetero) is 1.